The van der Waals surface area contributed by atoms with Gasteiger partial charge < -0.3 is 19.5 Å². The second kappa shape index (κ2) is 10.0. The van der Waals surface area contributed by atoms with E-state index >= 15 is 0 Å². The number of nitrogens with one attached hydrogen (secondary N) is 1. The van der Waals surface area contributed by atoms with E-state index in [0.29, 0.717) is 40.9 Å². The first-order valence-electron chi connectivity index (χ1n) is 11.4. The fourth-order valence-corrected chi connectivity index (χ4v) is 4.08. The van der Waals surface area contributed by atoms with Crippen LogP contribution in [0.5, 0.6) is 11.5 Å². The SMILES string of the molecule is COc1cc2nc(C)nc(NCc3cc(F)cc(C(F)(F)F)c3F)c2cc1OCCOC1(C)CCC1. The van der Waals surface area contributed by atoms with Gasteiger partial charge >= 0.3 is 6.18 Å². The van der Waals surface area contributed by atoms with Crippen LogP contribution in [-0.4, -0.2) is 35.9 Å². The number of methoxy groups -OCH3 is 1. The lowest BCUT2D eigenvalue weighted by molar-refractivity contribution is -0.140. The number of anilines is 1. The molecule has 1 fully saturated rings. The lowest BCUT2D eigenvalue weighted by Gasteiger charge is -2.38. The minimum Gasteiger partial charge on any atom is -0.493 e. The molecular weight excluding hydrogens is 485 g/mol. The molecule has 0 spiro atoms. The average molecular weight is 511 g/mol. The summed E-state index contributed by atoms with van der Waals surface area (Å²) in [6.45, 7) is 3.90. The second-order valence-corrected chi connectivity index (χ2v) is 8.92. The molecule has 3 aromatic rings. The monoisotopic (exact) mass is 511 g/mol. The Morgan fingerprint density at radius 2 is 1.78 bits per heavy atom. The summed E-state index contributed by atoms with van der Waals surface area (Å²) in [5, 5.41) is 3.28. The van der Waals surface area contributed by atoms with Crippen LogP contribution in [-0.2, 0) is 17.5 Å². The van der Waals surface area contributed by atoms with Crippen LogP contribution in [0, 0.1) is 18.6 Å². The number of ether oxygens (including phenoxy) is 3. The third-order valence-corrected chi connectivity index (χ3v) is 6.16. The van der Waals surface area contributed by atoms with Gasteiger partial charge in [0.25, 0.3) is 0 Å². The smallest absolute Gasteiger partial charge is 0.419 e. The minimum absolute atomic E-state index is 0.114. The van der Waals surface area contributed by atoms with E-state index in [-0.39, 0.29) is 24.1 Å². The van der Waals surface area contributed by atoms with Gasteiger partial charge in [-0.25, -0.2) is 18.7 Å². The van der Waals surface area contributed by atoms with Gasteiger partial charge in [0.2, 0.25) is 0 Å². The number of benzene rings is 2. The molecule has 0 unspecified atom stereocenters. The lowest BCUT2D eigenvalue weighted by Crippen LogP contribution is -2.37. The van der Waals surface area contributed by atoms with Crippen LogP contribution < -0.4 is 14.8 Å². The van der Waals surface area contributed by atoms with E-state index in [9.17, 15) is 22.0 Å². The number of halogens is 5. The Labute approximate surface area is 204 Å². The highest BCUT2D eigenvalue weighted by atomic mass is 19.4. The number of rotatable bonds is 9. The van der Waals surface area contributed by atoms with Crippen molar-refractivity contribution < 1.29 is 36.2 Å². The fourth-order valence-electron chi connectivity index (χ4n) is 4.08. The van der Waals surface area contributed by atoms with Crippen LogP contribution in [0.3, 0.4) is 0 Å². The molecule has 1 saturated carbocycles. The molecular formula is C25H26F5N3O3. The van der Waals surface area contributed by atoms with Crippen molar-refractivity contribution in [2.24, 2.45) is 0 Å². The zero-order chi connectivity index (χ0) is 26.1. The summed E-state index contributed by atoms with van der Waals surface area (Å²) in [4.78, 5) is 8.67. The average Bonchev–Trinajstić information content (AvgIpc) is 2.79. The third kappa shape index (κ3) is 5.61. The van der Waals surface area contributed by atoms with Gasteiger partial charge in [-0.15, -0.1) is 0 Å². The quantitative estimate of drug-likeness (QED) is 0.273. The van der Waals surface area contributed by atoms with Crippen LogP contribution in [0.4, 0.5) is 27.8 Å². The summed E-state index contributed by atoms with van der Waals surface area (Å²) in [6, 6.07) is 4.12. The van der Waals surface area contributed by atoms with Gasteiger partial charge in [0, 0.05) is 23.6 Å². The van der Waals surface area contributed by atoms with Gasteiger partial charge in [0.1, 0.15) is 29.9 Å². The van der Waals surface area contributed by atoms with Gasteiger partial charge in [0.05, 0.1) is 30.4 Å². The Kier molecular flexibility index (Phi) is 7.21. The first-order chi connectivity index (χ1) is 17.0. The van der Waals surface area contributed by atoms with Crippen LogP contribution in [0.25, 0.3) is 10.9 Å². The zero-order valence-corrected chi connectivity index (χ0v) is 20.1. The van der Waals surface area contributed by atoms with Gasteiger partial charge in [-0.05, 0) is 51.3 Å². The summed E-state index contributed by atoms with van der Waals surface area (Å²) >= 11 is 0. The Morgan fingerprint density at radius 1 is 1.03 bits per heavy atom. The van der Waals surface area contributed by atoms with Crippen LogP contribution >= 0.6 is 0 Å². The first kappa shape index (κ1) is 25.9. The number of alkyl halides is 3. The summed E-state index contributed by atoms with van der Waals surface area (Å²) in [6.07, 6.45) is -1.87. The number of aromatic nitrogens is 2. The summed E-state index contributed by atoms with van der Waals surface area (Å²) in [5.74, 6) is -1.34. The standard InChI is InChI=1S/C25H26F5N3O3/c1-14-32-19-12-20(34-3)21(35-7-8-36-24(2)5-4-6-24)11-17(19)23(33-14)31-13-15-9-16(26)10-18(22(15)27)25(28,29)30/h9-12H,4-8,13H2,1-3H3,(H,31,32,33). The highest BCUT2D eigenvalue weighted by molar-refractivity contribution is 5.91. The molecule has 2 aromatic carbocycles. The third-order valence-electron chi connectivity index (χ3n) is 6.16. The number of hydrogen-bond acceptors (Lipinski definition) is 6. The maximum atomic E-state index is 14.5. The van der Waals surface area contributed by atoms with Crippen LogP contribution in [0.2, 0.25) is 0 Å². The molecule has 6 nitrogen and oxygen atoms in total. The molecule has 1 aromatic heterocycles. The van der Waals surface area contributed by atoms with Crippen molar-refractivity contribution in [1.29, 1.82) is 0 Å². The number of fused-ring (bicyclic) bond motifs is 1. The van der Waals surface area contributed by atoms with Crippen molar-refractivity contribution >= 4 is 16.7 Å². The largest absolute Gasteiger partial charge is 0.493 e. The Bertz CT molecular complexity index is 1260. The maximum Gasteiger partial charge on any atom is 0.419 e. The summed E-state index contributed by atoms with van der Waals surface area (Å²) < 4.78 is 84.7. The molecule has 4 rings (SSSR count). The number of nitrogens with zero attached hydrogens (tertiary/aromatic N) is 2. The first-order valence-corrected chi connectivity index (χ1v) is 11.4. The van der Waals surface area contributed by atoms with E-state index in [0.717, 1.165) is 19.3 Å². The molecule has 36 heavy (non-hydrogen) atoms. The van der Waals surface area contributed by atoms with Crippen molar-refractivity contribution in [3.63, 3.8) is 0 Å². The molecule has 0 aliphatic heterocycles. The Morgan fingerprint density at radius 3 is 2.42 bits per heavy atom. The van der Waals surface area contributed by atoms with Gasteiger partial charge in [-0.1, -0.05) is 0 Å². The van der Waals surface area contributed by atoms with E-state index < -0.39 is 35.5 Å². The van der Waals surface area contributed by atoms with Crippen LogP contribution in [0.1, 0.15) is 43.1 Å². The van der Waals surface area contributed by atoms with Crippen molar-refractivity contribution in [2.75, 3.05) is 25.6 Å². The molecule has 0 atom stereocenters. The molecule has 1 aliphatic rings. The lowest BCUT2D eigenvalue weighted by atomic mass is 9.82. The van der Waals surface area contributed by atoms with Crippen molar-refractivity contribution in [3.8, 4) is 11.5 Å². The summed E-state index contributed by atoms with van der Waals surface area (Å²) in [5.41, 5.74) is -1.79. The second-order valence-electron chi connectivity index (χ2n) is 8.92. The predicted octanol–water partition coefficient (Wildman–Crippen LogP) is 6.19. The van der Waals surface area contributed by atoms with Crippen molar-refractivity contribution in [2.45, 2.75) is 51.4 Å². The molecule has 1 N–H and O–H groups in total. The van der Waals surface area contributed by atoms with E-state index in [1.807, 2.05) is 0 Å². The van der Waals surface area contributed by atoms with E-state index in [4.69, 9.17) is 14.2 Å². The molecule has 194 valence electrons. The molecule has 1 heterocycles. The predicted molar refractivity (Wildman–Crippen MR) is 123 cm³/mol. The van der Waals surface area contributed by atoms with Crippen molar-refractivity contribution in [3.05, 3.63) is 52.9 Å². The van der Waals surface area contributed by atoms with E-state index in [1.54, 1.807) is 19.1 Å². The number of hydrogen-bond donors (Lipinski definition) is 1. The summed E-state index contributed by atoms with van der Waals surface area (Å²) in [7, 11) is 1.48. The zero-order valence-electron chi connectivity index (χ0n) is 20.1. The molecule has 0 bridgehead atoms. The molecule has 11 heteroatoms. The van der Waals surface area contributed by atoms with Crippen LogP contribution in [0.15, 0.2) is 24.3 Å². The Balaban J connectivity index is 1.58. The van der Waals surface area contributed by atoms with Gasteiger partial charge in [0.15, 0.2) is 11.5 Å². The van der Waals surface area contributed by atoms with E-state index in [2.05, 4.69) is 22.2 Å². The molecule has 0 saturated heterocycles. The normalized spacial score (nSPS) is 15.0. The molecule has 0 amide bonds. The minimum atomic E-state index is -5.03. The van der Waals surface area contributed by atoms with Crippen molar-refractivity contribution in [1.82, 2.24) is 9.97 Å². The highest BCUT2D eigenvalue weighted by Crippen LogP contribution is 2.37. The van der Waals surface area contributed by atoms with Gasteiger partial charge in [-0.2, -0.15) is 13.2 Å². The fraction of sp³-hybridized carbons (Fsp3) is 0.440. The topological polar surface area (TPSA) is 65.5 Å². The molecule has 0 radical (unpaired) electrons. The molecule has 1 aliphatic carbocycles. The van der Waals surface area contributed by atoms with Gasteiger partial charge in [-0.3, -0.25) is 0 Å². The van der Waals surface area contributed by atoms with E-state index in [1.165, 1.54) is 7.11 Å². The highest BCUT2D eigenvalue weighted by Gasteiger charge is 2.36. The Hall–Kier alpha value is -3.21. The number of aryl methyl sites for hydroxylation is 1. The maximum absolute atomic E-state index is 14.5.